The lowest BCUT2D eigenvalue weighted by molar-refractivity contribution is -0.161. The van der Waals surface area contributed by atoms with E-state index in [2.05, 4.69) is 113 Å². The van der Waals surface area contributed by atoms with Crippen LogP contribution in [0.25, 0.3) is 0 Å². The molecule has 0 heterocycles. The molecule has 5 atom stereocenters. The quantitative estimate of drug-likeness (QED) is 0.0169. The van der Waals surface area contributed by atoms with Crippen LogP contribution < -0.4 is 0 Å². The third-order valence-corrected chi connectivity index (χ3v) is 17.2. The second-order valence-electron chi connectivity index (χ2n) is 24.5. The van der Waals surface area contributed by atoms with Crippen molar-refractivity contribution >= 4 is 39.5 Å². The smallest absolute Gasteiger partial charge is 0.462 e. The van der Waals surface area contributed by atoms with Gasteiger partial charge in [-0.05, 0) is 116 Å². The van der Waals surface area contributed by atoms with Gasteiger partial charge in [-0.25, -0.2) is 9.13 Å². The molecular formula is C77H132O17P2. The van der Waals surface area contributed by atoms with E-state index in [0.29, 0.717) is 25.7 Å². The van der Waals surface area contributed by atoms with Gasteiger partial charge in [0.15, 0.2) is 12.2 Å². The Labute approximate surface area is 581 Å². The molecule has 0 aliphatic carbocycles. The Morgan fingerprint density at radius 3 is 0.948 bits per heavy atom. The number of hydrogen-bond donors (Lipinski definition) is 3. The SMILES string of the molecule is CC/C=C\C/C=C\C/C=C\C/C=C\C/C=C\CC(=O)OCC(COP(=O)(O)OCC(O)COP(=O)(O)OCC(COC(=O)CCCCCCC/C=C\C/C=C\CCCCC)OC(=O)CCCCCCCCCCCCC)OC(=O)CCCCCCC/C=C\C/C=C\CCCCC. The Morgan fingerprint density at radius 2 is 0.583 bits per heavy atom. The van der Waals surface area contributed by atoms with E-state index in [1.807, 2.05) is 18.2 Å². The van der Waals surface area contributed by atoms with Crippen molar-refractivity contribution < 1.29 is 80.2 Å². The van der Waals surface area contributed by atoms with Crippen molar-refractivity contribution in [1.82, 2.24) is 0 Å². The number of aliphatic hydroxyl groups is 1. The number of rotatable bonds is 69. The summed E-state index contributed by atoms with van der Waals surface area (Å²) in [5, 5.41) is 10.6. The first-order chi connectivity index (χ1) is 46.7. The number of carbonyl (C=O) groups excluding carboxylic acids is 4. The van der Waals surface area contributed by atoms with Gasteiger partial charge in [0.05, 0.1) is 32.8 Å². The number of esters is 4. The second-order valence-corrected chi connectivity index (χ2v) is 27.4. The molecule has 0 aromatic heterocycles. The molecule has 19 heteroatoms. The van der Waals surface area contributed by atoms with Gasteiger partial charge in [0.2, 0.25) is 0 Å². The molecule has 0 rings (SSSR count). The van der Waals surface area contributed by atoms with Gasteiger partial charge in [0, 0.05) is 19.3 Å². The summed E-state index contributed by atoms with van der Waals surface area (Å²) in [6.07, 6.45) is 72.6. The first-order valence-electron chi connectivity index (χ1n) is 37.1. The third kappa shape index (κ3) is 68.3. The highest BCUT2D eigenvalue weighted by Crippen LogP contribution is 2.45. The maximum absolute atomic E-state index is 13.0. The summed E-state index contributed by atoms with van der Waals surface area (Å²) < 4.78 is 68.2. The number of aliphatic hydroxyl groups excluding tert-OH is 1. The van der Waals surface area contributed by atoms with Crippen molar-refractivity contribution in [2.45, 2.75) is 316 Å². The zero-order valence-corrected chi connectivity index (χ0v) is 61.8. The molecule has 0 aliphatic rings. The first-order valence-corrected chi connectivity index (χ1v) is 40.1. The average Bonchev–Trinajstić information content (AvgIpc) is 1.09. The van der Waals surface area contributed by atoms with E-state index in [1.54, 1.807) is 6.08 Å². The fraction of sp³-hybridized carbons (Fsp3) is 0.714. The molecule has 0 fully saturated rings. The van der Waals surface area contributed by atoms with E-state index in [1.165, 1.54) is 77.0 Å². The molecule has 0 saturated carbocycles. The Bertz CT molecular complexity index is 2250. The van der Waals surface area contributed by atoms with E-state index in [-0.39, 0.29) is 25.7 Å². The summed E-state index contributed by atoms with van der Waals surface area (Å²) >= 11 is 0. The molecule has 0 bridgehead atoms. The van der Waals surface area contributed by atoms with Gasteiger partial charge in [0.1, 0.15) is 19.3 Å². The fourth-order valence-electron chi connectivity index (χ4n) is 9.59. The van der Waals surface area contributed by atoms with Crippen LogP contribution in [0.5, 0.6) is 0 Å². The lowest BCUT2D eigenvalue weighted by atomic mass is 10.1. The molecule has 96 heavy (non-hydrogen) atoms. The molecule has 17 nitrogen and oxygen atoms in total. The molecule has 5 unspecified atom stereocenters. The lowest BCUT2D eigenvalue weighted by Gasteiger charge is -2.21. The van der Waals surface area contributed by atoms with Crippen molar-refractivity contribution in [2.24, 2.45) is 0 Å². The number of carbonyl (C=O) groups is 4. The van der Waals surface area contributed by atoms with E-state index in [0.717, 1.165) is 141 Å². The number of allylic oxidation sites excluding steroid dienone is 17. The first kappa shape index (κ1) is 91.7. The van der Waals surface area contributed by atoms with Crippen LogP contribution >= 0.6 is 15.6 Å². The summed E-state index contributed by atoms with van der Waals surface area (Å²) in [7, 11) is -9.97. The van der Waals surface area contributed by atoms with Crippen molar-refractivity contribution in [2.75, 3.05) is 39.6 Å². The Kier molecular flexibility index (Phi) is 66.1. The molecule has 0 radical (unpaired) electrons. The van der Waals surface area contributed by atoms with E-state index in [9.17, 15) is 43.2 Å². The predicted octanol–water partition coefficient (Wildman–Crippen LogP) is 21.0. The molecule has 0 spiro atoms. The van der Waals surface area contributed by atoms with Crippen LogP contribution in [0.15, 0.2) is 109 Å². The predicted molar refractivity (Wildman–Crippen MR) is 390 cm³/mol. The molecule has 0 saturated heterocycles. The van der Waals surface area contributed by atoms with Crippen molar-refractivity contribution in [1.29, 1.82) is 0 Å². The number of ether oxygens (including phenoxy) is 4. The number of unbranched alkanes of at least 4 members (excludes halogenated alkanes) is 26. The van der Waals surface area contributed by atoms with Crippen LogP contribution in [0.4, 0.5) is 0 Å². The van der Waals surface area contributed by atoms with Crippen LogP contribution in [-0.2, 0) is 65.4 Å². The average molecular weight is 1390 g/mol. The highest BCUT2D eigenvalue weighted by molar-refractivity contribution is 7.47. The Morgan fingerprint density at radius 1 is 0.312 bits per heavy atom. The van der Waals surface area contributed by atoms with Crippen molar-refractivity contribution in [3.63, 3.8) is 0 Å². The van der Waals surface area contributed by atoms with Crippen LogP contribution in [0.3, 0.4) is 0 Å². The second kappa shape index (κ2) is 69.2. The Hall–Kier alpha value is -4.28. The summed E-state index contributed by atoms with van der Waals surface area (Å²) in [6.45, 7) is 4.55. The van der Waals surface area contributed by atoms with Crippen LogP contribution in [0.1, 0.15) is 297 Å². The van der Waals surface area contributed by atoms with Gasteiger partial charge < -0.3 is 33.8 Å². The summed E-state index contributed by atoms with van der Waals surface area (Å²) in [4.78, 5) is 72.6. The lowest BCUT2D eigenvalue weighted by Crippen LogP contribution is -2.30. The monoisotopic (exact) mass is 1390 g/mol. The molecule has 0 aliphatic heterocycles. The molecule has 552 valence electrons. The van der Waals surface area contributed by atoms with Crippen LogP contribution in [0.2, 0.25) is 0 Å². The third-order valence-electron chi connectivity index (χ3n) is 15.3. The molecule has 0 aromatic carbocycles. The van der Waals surface area contributed by atoms with Gasteiger partial charge in [0.25, 0.3) is 0 Å². The van der Waals surface area contributed by atoms with E-state index < -0.39 is 97.5 Å². The number of hydrogen-bond acceptors (Lipinski definition) is 15. The van der Waals surface area contributed by atoms with Gasteiger partial charge in [-0.2, -0.15) is 0 Å². The summed E-state index contributed by atoms with van der Waals surface area (Å²) in [5.74, 6) is -2.35. The van der Waals surface area contributed by atoms with Crippen molar-refractivity contribution in [3.8, 4) is 0 Å². The highest BCUT2D eigenvalue weighted by Gasteiger charge is 2.30. The minimum absolute atomic E-state index is 0.0583. The molecule has 0 amide bonds. The normalized spacial score (nSPS) is 14.6. The summed E-state index contributed by atoms with van der Waals surface area (Å²) in [5.41, 5.74) is 0. The topological polar surface area (TPSA) is 237 Å². The number of phosphoric acid groups is 2. The van der Waals surface area contributed by atoms with E-state index in [4.69, 9.17) is 37.0 Å². The summed E-state index contributed by atoms with van der Waals surface area (Å²) in [6, 6.07) is 0. The number of phosphoric ester groups is 2. The minimum atomic E-state index is -4.99. The standard InChI is InChI=1S/C77H132O17P2/c1-5-9-13-17-21-25-29-32-35-38-42-45-49-53-57-61-74(79)87-67-72(93-76(81)63-59-55-51-47-41-28-24-20-16-12-8-4)69-91-95(83,84)89-65-71(78)66-90-96(85,86)92-70-73(94-77(82)64-60-56-52-48-44-40-37-34-31-27-23-19-15-11-7-3)68-88-75(80)62-58-54-50-46-43-39-36-33-30-26-22-18-14-10-6-2/h10,14,21-23,25-27,32-37,43,46,54,58,71-73,78H,5-9,11-13,15-20,24,28-31,38-42,44-45,47-53,55-57,59-70H2,1-4H3,(H,83,84)(H,85,86)/b14-10-,25-21-,26-22-,27-23-,35-32-,36-33-,37-34-,46-43-,58-54-. The van der Waals surface area contributed by atoms with E-state index >= 15 is 0 Å². The van der Waals surface area contributed by atoms with Crippen LogP contribution in [-0.4, -0.2) is 96.7 Å². The molecule has 0 aromatic rings. The minimum Gasteiger partial charge on any atom is -0.462 e. The maximum atomic E-state index is 13.0. The maximum Gasteiger partial charge on any atom is 0.472 e. The van der Waals surface area contributed by atoms with Gasteiger partial charge >= 0.3 is 39.5 Å². The molecular weight excluding hydrogens is 1260 g/mol. The van der Waals surface area contributed by atoms with Crippen LogP contribution in [0, 0.1) is 0 Å². The van der Waals surface area contributed by atoms with Gasteiger partial charge in [-0.3, -0.25) is 37.3 Å². The van der Waals surface area contributed by atoms with Gasteiger partial charge in [-0.15, -0.1) is 0 Å². The largest absolute Gasteiger partial charge is 0.472 e. The van der Waals surface area contributed by atoms with Crippen molar-refractivity contribution in [3.05, 3.63) is 109 Å². The Balaban J connectivity index is 5.41. The zero-order valence-electron chi connectivity index (χ0n) is 60.0. The molecule has 3 N–H and O–H groups in total. The highest BCUT2D eigenvalue weighted by atomic mass is 31.2. The van der Waals surface area contributed by atoms with Gasteiger partial charge in [-0.1, -0.05) is 265 Å². The fourth-order valence-corrected chi connectivity index (χ4v) is 11.2. The zero-order chi connectivity index (χ0) is 70.4.